The Kier molecular flexibility index (Phi) is 7.99. The molecule has 2 N–H and O–H groups in total. The first-order chi connectivity index (χ1) is 10.1. The molecule has 0 bridgehead atoms. The summed E-state index contributed by atoms with van der Waals surface area (Å²) in [6.07, 6.45) is 3.55. The van der Waals surface area contributed by atoms with E-state index < -0.39 is 0 Å². The summed E-state index contributed by atoms with van der Waals surface area (Å²) in [5.41, 5.74) is 3.65. The maximum atomic E-state index is 11.8. The van der Waals surface area contributed by atoms with Gasteiger partial charge < -0.3 is 15.4 Å². The second kappa shape index (κ2) is 9.49. The predicted octanol–water partition coefficient (Wildman–Crippen LogP) is 2.53. The Morgan fingerprint density at radius 3 is 2.64 bits per heavy atom. The van der Waals surface area contributed by atoms with Gasteiger partial charge in [0, 0.05) is 13.1 Å². The van der Waals surface area contributed by atoms with Crippen molar-refractivity contribution in [2.75, 3.05) is 26.2 Å². The van der Waals surface area contributed by atoms with Crippen molar-refractivity contribution in [3.8, 4) is 5.75 Å². The van der Waals surface area contributed by atoms with Crippen LogP contribution in [-0.2, 0) is 4.79 Å². The molecule has 0 saturated carbocycles. The third kappa shape index (κ3) is 6.50. The number of amides is 1. The summed E-state index contributed by atoms with van der Waals surface area (Å²) in [4.78, 5) is 11.8. The predicted molar refractivity (Wildman–Crippen MR) is 91.9 cm³/mol. The summed E-state index contributed by atoms with van der Waals surface area (Å²) in [5, 5.41) is 6.20. The quantitative estimate of drug-likeness (QED) is 0.791. The van der Waals surface area contributed by atoms with Crippen molar-refractivity contribution in [1.82, 2.24) is 10.6 Å². The average Bonchev–Trinajstić information content (AvgIpc) is 2.45. The lowest BCUT2D eigenvalue weighted by atomic mass is 10.1. The first kappa shape index (κ1) is 18.5. The van der Waals surface area contributed by atoms with Crippen LogP contribution in [0.1, 0.15) is 24.0 Å². The topological polar surface area (TPSA) is 50.4 Å². The Balaban J connectivity index is 0.00000242. The molecule has 22 heavy (non-hydrogen) atoms. The third-order valence-corrected chi connectivity index (χ3v) is 3.46. The Morgan fingerprint density at radius 2 is 2.00 bits per heavy atom. The minimum Gasteiger partial charge on any atom is -0.493 e. The Morgan fingerprint density at radius 1 is 1.27 bits per heavy atom. The number of halogens is 1. The monoisotopic (exact) mass is 324 g/mol. The molecule has 0 aromatic heterocycles. The van der Waals surface area contributed by atoms with E-state index in [1.54, 1.807) is 0 Å². The van der Waals surface area contributed by atoms with Gasteiger partial charge in [-0.3, -0.25) is 4.79 Å². The van der Waals surface area contributed by atoms with E-state index in [9.17, 15) is 4.79 Å². The molecule has 1 aromatic carbocycles. The van der Waals surface area contributed by atoms with E-state index in [2.05, 4.69) is 22.8 Å². The maximum Gasteiger partial charge on any atom is 0.223 e. The summed E-state index contributed by atoms with van der Waals surface area (Å²) in [6.45, 7) is 7.05. The molecule has 0 unspecified atom stereocenters. The highest BCUT2D eigenvalue weighted by molar-refractivity contribution is 5.85. The van der Waals surface area contributed by atoms with Crippen molar-refractivity contribution in [3.05, 3.63) is 41.0 Å². The molecule has 2 rings (SSSR count). The van der Waals surface area contributed by atoms with Gasteiger partial charge in [0.2, 0.25) is 5.91 Å². The van der Waals surface area contributed by atoms with E-state index in [4.69, 9.17) is 4.74 Å². The van der Waals surface area contributed by atoms with Gasteiger partial charge in [-0.1, -0.05) is 17.7 Å². The molecule has 1 aliphatic rings. The number of benzene rings is 1. The lowest BCUT2D eigenvalue weighted by Gasteiger charge is -2.14. The van der Waals surface area contributed by atoms with Gasteiger partial charge in [0.05, 0.1) is 13.0 Å². The van der Waals surface area contributed by atoms with Crippen LogP contribution in [0.2, 0.25) is 0 Å². The van der Waals surface area contributed by atoms with E-state index in [1.807, 2.05) is 26.0 Å². The van der Waals surface area contributed by atoms with E-state index >= 15 is 0 Å². The normalized spacial score (nSPS) is 13.8. The highest BCUT2D eigenvalue weighted by Crippen LogP contribution is 2.16. The summed E-state index contributed by atoms with van der Waals surface area (Å²) < 4.78 is 5.64. The van der Waals surface area contributed by atoms with Gasteiger partial charge in [-0.2, -0.15) is 0 Å². The van der Waals surface area contributed by atoms with Crippen LogP contribution in [-0.4, -0.2) is 32.1 Å². The summed E-state index contributed by atoms with van der Waals surface area (Å²) in [7, 11) is 0. The zero-order valence-electron chi connectivity index (χ0n) is 13.3. The minimum absolute atomic E-state index is 0. The number of ether oxygens (including phenoxy) is 1. The molecule has 0 atom stereocenters. The Bertz CT molecular complexity index is 509. The highest BCUT2D eigenvalue weighted by atomic mass is 35.5. The van der Waals surface area contributed by atoms with Gasteiger partial charge in [0.15, 0.2) is 0 Å². The fourth-order valence-corrected chi connectivity index (χ4v) is 2.41. The van der Waals surface area contributed by atoms with Crippen LogP contribution in [0, 0.1) is 13.8 Å². The molecule has 0 fully saturated rings. The van der Waals surface area contributed by atoms with Gasteiger partial charge in [0.25, 0.3) is 0 Å². The first-order valence-corrected chi connectivity index (χ1v) is 7.50. The molecule has 0 saturated heterocycles. The number of aryl methyl sites for hydroxylation is 2. The first-order valence-electron chi connectivity index (χ1n) is 7.50. The molecule has 122 valence electrons. The lowest BCUT2D eigenvalue weighted by molar-refractivity contribution is -0.121. The zero-order valence-corrected chi connectivity index (χ0v) is 14.1. The van der Waals surface area contributed by atoms with Gasteiger partial charge in [-0.25, -0.2) is 0 Å². The van der Waals surface area contributed by atoms with Crippen LogP contribution < -0.4 is 15.4 Å². The summed E-state index contributed by atoms with van der Waals surface area (Å²) in [5.74, 6) is 0.875. The van der Waals surface area contributed by atoms with Crippen LogP contribution in [0.3, 0.4) is 0 Å². The van der Waals surface area contributed by atoms with Gasteiger partial charge in [-0.15, -0.1) is 12.4 Å². The highest BCUT2D eigenvalue weighted by Gasteiger charge is 2.06. The summed E-state index contributed by atoms with van der Waals surface area (Å²) in [6, 6.07) is 6.09. The molecule has 4 nitrogen and oxygen atoms in total. The Labute approximate surface area is 138 Å². The summed E-state index contributed by atoms with van der Waals surface area (Å²) >= 11 is 0. The molecule has 0 aliphatic carbocycles. The fraction of sp³-hybridized carbons (Fsp3) is 0.471. The van der Waals surface area contributed by atoms with Crippen molar-refractivity contribution in [2.24, 2.45) is 0 Å². The van der Waals surface area contributed by atoms with Crippen molar-refractivity contribution in [2.45, 2.75) is 26.7 Å². The molecular formula is C17H25ClN2O2. The molecule has 5 heteroatoms. The molecule has 0 spiro atoms. The minimum atomic E-state index is 0. The number of rotatable bonds is 6. The maximum absolute atomic E-state index is 11.8. The van der Waals surface area contributed by atoms with Crippen molar-refractivity contribution >= 4 is 18.3 Å². The van der Waals surface area contributed by atoms with Crippen LogP contribution >= 0.6 is 12.4 Å². The number of hydrogen-bond donors (Lipinski definition) is 2. The third-order valence-electron chi connectivity index (χ3n) is 3.46. The smallest absolute Gasteiger partial charge is 0.223 e. The Hall–Kier alpha value is -1.52. The number of nitrogens with one attached hydrogen (secondary N) is 2. The average molecular weight is 325 g/mol. The van der Waals surface area contributed by atoms with Crippen LogP contribution in [0.25, 0.3) is 0 Å². The molecule has 1 aromatic rings. The second-order valence-electron chi connectivity index (χ2n) is 5.52. The van der Waals surface area contributed by atoms with Crippen LogP contribution in [0.4, 0.5) is 0 Å². The molecule has 1 heterocycles. The SMILES string of the molecule is Cc1cc(C)cc(OCCC(=O)NCC2=CCNCC2)c1.Cl. The van der Waals surface area contributed by atoms with Crippen molar-refractivity contribution in [1.29, 1.82) is 0 Å². The van der Waals surface area contributed by atoms with E-state index in [0.29, 0.717) is 19.6 Å². The molecule has 1 aliphatic heterocycles. The van der Waals surface area contributed by atoms with Crippen molar-refractivity contribution < 1.29 is 9.53 Å². The molecule has 1 amide bonds. The lowest BCUT2D eigenvalue weighted by Crippen LogP contribution is -2.30. The van der Waals surface area contributed by atoms with E-state index in [0.717, 1.165) is 25.3 Å². The van der Waals surface area contributed by atoms with Crippen LogP contribution in [0.5, 0.6) is 5.75 Å². The zero-order chi connectivity index (χ0) is 15.1. The number of carbonyl (C=O) groups is 1. The van der Waals surface area contributed by atoms with Crippen LogP contribution in [0.15, 0.2) is 29.8 Å². The van der Waals surface area contributed by atoms with Gasteiger partial charge >= 0.3 is 0 Å². The van der Waals surface area contributed by atoms with E-state index in [1.165, 1.54) is 16.7 Å². The fourth-order valence-electron chi connectivity index (χ4n) is 2.41. The number of carbonyl (C=O) groups excluding carboxylic acids is 1. The molecular weight excluding hydrogens is 300 g/mol. The van der Waals surface area contributed by atoms with Gasteiger partial charge in [0.1, 0.15) is 5.75 Å². The second-order valence-corrected chi connectivity index (χ2v) is 5.52. The standard InChI is InChI=1S/C17H24N2O2.ClH/c1-13-9-14(2)11-16(10-13)21-8-5-17(20)19-12-15-3-6-18-7-4-15;/h3,9-11,18H,4-8,12H2,1-2H3,(H,19,20);1H. The van der Waals surface area contributed by atoms with E-state index in [-0.39, 0.29) is 18.3 Å². The van der Waals surface area contributed by atoms with Crippen molar-refractivity contribution in [3.63, 3.8) is 0 Å². The largest absolute Gasteiger partial charge is 0.493 e. The number of hydrogen-bond acceptors (Lipinski definition) is 3. The molecule has 0 radical (unpaired) electrons. The van der Waals surface area contributed by atoms with Gasteiger partial charge in [-0.05, 0) is 50.1 Å².